The number of terminal acetylenes is 1. The number of halogens is 1. The summed E-state index contributed by atoms with van der Waals surface area (Å²) in [7, 11) is 0. The van der Waals surface area contributed by atoms with Gasteiger partial charge >= 0.3 is 0 Å². The Hall–Kier alpha value is -5.51. The normalized spacial score (nSPS) is 11.2. The fraction of sp³-hybridized carbons (Fsp3) is 0.0513. The topological polar surface area (TPSA) is 51.0 Å². The highest BCUT2D eigenvalue weighted by Gasteiger charge is 2.25. The molecule has 0 aliphatic rings. The average Bonchev–Trinajstić information content (AvgIpc) is 3.39. The largest absolute Gasteiger partial charge is 1.00 e. The van der Waals surface area contributed by atoms with Crippen molar-refractivity contribution >= 4 is 54.8 Å². The van der Waals surface area contributed by atoms with Crippen LogP contribution >= 0.6 is 0 Å². The van der Waals surface area contributed by atoms with E-state index >= 15 is 0 Å². The van der Waals surface area contributed by atoms with Crippen molar-refractivity contribution in [2.45, 2.75) is 6.54 Å². The minimum absolute atomic E-state index is 0. The number of benzene rings is 5. The van der Waals surface area contributed by atoms with Crippen LogP contribution in [0.5, 0.6) is 0 Å². The van der Waals surface area contributed by atoms with Crippen molar-refractivity contribution in [2.24, 2.45) is 0 Å². The molecule has 1 amide bonds. The molecule has 0 saturated heterocycles. The summed E-state index contributed by atoms with van der Waals surface area (Å²) in [5.41, 5.74) is 6.93. The quantitative estimate of drug-likeness (QED) is 0.224. The highest BCUT2D eigenvalue weighted by atomic mass is 79.9. The summed E-state index contributed by atoms with van der Waals surface area (Å²) in [5.74, 6) is 2.36. The third-order valence-electron chi connectivity index (χ3n) is 8.44. The lowest BCUT2D eigenvalue weighted by molar-refractivity contribution is -0.578. The van der Waals surface area contributed by atoms with Crippen LogP contribution in [0, 0.1) is 12.3 Å². The third-order valence-corrected chi connectivity index (χ3v) is 8.44. The van der Waals surface area contributed by atoms with E-state index in [1.807, 2.05) is 22.8 Å². The Morgan fingerprint density at radius 3 is 2.09 bits per heavy atom. The van der Waals surface area contributed by atoms with Crippen LogP contribution in [0.15, 0.2) is 128 Å². The van der Waals surface area contributed by atoms with Gasteiger partial charge in [0.1, 0.15) is 17.8 Å². The Kier molecular flexibility index (Phi) is 7.25. The summed E-state index contributed by atoms with van der Waals surface area (Å²) in [5, 5.41) is 15.0. The van der Waals surface area contributed by atoms with Gasteiger partial charge in [-0.15, -0.1) is 6.42 Å². The van der Waals surface area contributed by atoms with Gasteiger partial charge in [0.2, 0.25) is 12.1 Å². The Labute approximate surface area is 270 Å². The van der Waals surface area contributed by atoms with E-state index in [9.17, 15) is 4.79 Å². The van der Waals surface area contributed by atoms with E-state index in [1.165, 1.54) is 5.39 Å². The molecule has 5 aromatic carbocycles. The summed E-state index contributed by atoms with van der Waals surface area (Å²) >= 11 is 0. The molecule has 3 heterocycles. The van der Waals surface area contributed by atoms with E-state index in [-0.39, 0.29) is 36.0 Å². The zero-order valence-electron chi connectivity index (χ0n) is 24.2. The molecule has 0 saturated carbocycles. The Balaban J connectivity index is 0.00000325. The lowest BCUT2D eigenvalue weighted by Gasteiger charge is -2.13. The number of fused-ring (bicyclic) bond motifs is 7. The number of hydrogen-bond acceptors (Lipinski definition) is 2. The van der Waals surface area contributed by atoms with Gasteiger partial charge < -0.3 is 26.9 Å². The van der Waals surface area contributed by atoms with Crippen LogP contribution in [0.1, 0.15) is 0 Å². The van der Waals surface area contributed by atoms with Gasteiger partial charge in [-0.1, -0.05) is 109 Å². The summed E-state index contributed by atoms with van der Waals surface area (Å²) < 4.78 is 4.03. The number of para-hydroxylation sites is 1. The second kappa shape index (κ2) is 11.5. The summed E-state index contributed by atoms with van der Waals surface area (Å²) in [6.45, 7) is 0.326. The van der Waals surface area contributed by atoms with Crippen LogP contribution in [-0.4, -0.2) is 22.1 Å². The van der Waals surface area contributed by atoms with E-state index in [2.05, 4.69) is 125 Å². The van der Waals surface area contributed by atoms with Gasteiger partial charge in [-0.05, 0) is 37.7 Å². The number of carbonyl (C=O) groups excluding carboxylic acids is 1. The molecule has 3 aromatic heterocycles. The van der Waals surface area contributed by atoms with Crippen LogP contribution in [0.3, 0.4) is 0 Å². The van der Waals surface area contributed by atoms with Crippen molar-refractivity contribution in [3.05, 3.63) is 128 Å². The summed E-state index contributed by atoms with van der Waals surface area (Å²) in [4.78, 5) is 13.0. The van der Waals surface area contributed by atoms with Crippen molar-refractivity contribution < 1.29 is 26.3 Å². The van der Waals surface area contributed by atoms with E-state index in [1.54, 1.807) is 0 Å². The third kappa shape index (κ3) is 4.69. The number of nitrogens with one attached hydrogen (secondary N) is 1. The van der Waals surface area contributed by atoms with Crippen molar-refractivity contribution in [1.82, 2.24) is 15.0 Å². The van der Waals surface area contributed by atoms with Crippen LogP contribution < -0.4 is 26.8 Å². The zero-order valence-corrected chi connectivity index (χ0v) is 25.8. The molecule has 1 N–H and O–H groups in total. The first-order valence-electron chi connectivity index (χ1n) is 14.6. The molecule has 45 heavy (non-hydrogen) atoms. The van der Waals surface area contributed by atoms with Gasteiger partial charge in [0, 0.05) is 44.6 Å². The van der Waals surface area contributed by atoms with Crippen LogP contribution in [0.4, 0.5) is 0 Å². The molecule has 6 heteroatoms. The molecule has 5 nitrogen and oxygen atoms in total. The summed E-state index contributed by atoms with van der Waals surface area (Å²) in [6.07, 6.45) is 7.45. The number of hydrogen-bond donors (Lipinski definition) is 1. The minimum Gasteiger partial charge on any atom is -1.00 e. The Bertz CT molecular complexity index is 2460. The van der Waals surface area contributed by atoms with E-state index in [0.29, 0.717) is 0 Å². The first-order valence-corrected chi connectivity index (χ1v) is 14.6. The number of aromatic nitrogens is 3. The van der Waals surface area contributed by atoms with Gasteiger partial charge in [0.25, 0.3) is 5.52 Å². The number of rotatable bonds is 5. The van der Waals surface area contributed by atoms with Gasteiger partial charge in [0.15, 0.2) is 0 Å². The monoisotopic (exact) mass is 646 g/mol. The lowest BCUT2D eigenvalue weighted by Crippen LogP contribution is -3.00. The molecule has 0 radical (unpaired) electrons. The van der Waals surface area contributed by atoms with Crippen LogP contribution in [0.2, 0.25) is 0 Å². The number of pyridine rings is 1. The fourth-order valence-electron chi connectivity index (χ4n) is 6.51. The summed E-state index contributed by atoms with van der Waals surface area (Å²) in [6, 6.07) is 42.2. The minimum atomic E-state index is -0.137. The predicted octanol–water partition coefficient (Wildman–Crippen LogP) is 4.32. The predicted molar refractivity (Wildman–Crippen MR) is 178 cm³/mol. The van der Waals surface area contributed by atoms with Gasteiger partial charge in [-0.2, -0.15) is 0 Å². The molecule has 216 valence electrons. The SMILES string of the molecule is C#CCNC(=O)Cn1c2ccccc2c2cc[n+]3nc(-c4cccc5ccccc45)c(-c4cccc5ccccc45)cc3c21.[Br-]. The van der Waals surface area contributed by atoms with Gasteiger partial charge in [0.05, 0.1) is 6.54 Å². The van der Waals surface area contributed by atoms with Crippen molar-refractivity contribution in [1.29, 1.82) is 0 Å². The second-order valence-electron chi connectivity index (χ2n) is 11.0. The molecule has 0 aliphatic heterocycles. The standard InChI is InChI=1S/C39H26N4O.BrH/c1-2-22-40-37(44)25-42-35-20-8-7-17-31(35)33-21-23-43-36(39(33)42)24-34(30-18-9-13-26-11-3-5-15-28(26)30)38(41-43)32-19-10-14-27-12-4-6-16-29(27)32;/h1,3-21,23-24H,22,25H2;1H. The molecule has 0 spiro atoms. The second-order valence-corrected chi connectivity index (χ2v) is 11.0. The van der Waals surface area contributed by atoms with Crippen molar-refractivity contribution in [2.75, 3.05) is 6.54 Å². The molecular formula is C39H27BrN4O. The number of carbonyl (C=O) groups is 1. The molecule has 8 aromatic rings. The maximum Gasteiger partial charge on any atom is 0.262 e. The Morgan fingerprint density at radius 2 is 1.36 bits per heavy atom. The molecule has 8 rings (SSSR count). The smallest absolute Gasteiger partial charge is 0.262 e. The fourth-order valence-corrected chi connectivity index (χ4v) is 6.51. The maximum absolute atomic E-state index is 13.0. The highest BCUT2D eigenvalue weighted by molar-refractivity contribution is 6.13. The Morgan fingerprint density at radius 1 is 0.733 bits per heavy atom. The average molecular weight is 648 g/mol. The molecule has 0 aliphatic carbocycles. The molecule has 0 fully saturated rings. The van der Waals surface area contributed by atoms with E-state index in [0.717, 1.165) is 65.9 Å². The van der Waals surface area contributed by atoms with Crippen molar-refractivity contribution in [3.8, 4) is 34.7 Å². The zero-order chi connectivity index (χ0) is 29.6. The lowest BCUT2D eigenvalue weighted by atomic mass is 9.92. The van der Waals surface area contributed by atoms with E-state index < -0.39 is 0 Å². The number of amides is 1. The molecule has 0 unspecified atom stereocenters. The molecule has 0 bridgehead atoms. The van der Waals surface area contributed by atoms with Gasteiger partial charge in [-0.25, -0.2) is 0 Å². The maximum atomic E-state index is 13.0. The highest BCUT2D eigenvalue weighted by Crippen LogP contribution is 2.39. The first kappa shape index (κ1) is 28.3. The number of nitrogens with zero attached hydrogens (tertiary/aromatic N) is 3. The van der Waals surface area contributed by atoms with Crippen molar-refractivity contribution in [3.63, 3.8) is 0 Å². The molecular weight excluding hydrogens is 620 g/mol. The molecule has 0 atom stereocenters. The van der Waals surface area contributed by atoms with Crippen LogP contribution in [-0.2, 0) is 11.3 Å². The first-order chi connectivity index (χ1) is 21.7. The van der Waals surface area contributed by atoms with Gasteiger partial charge in [-0.3, -0.25) is 4.79 Å². The van der Waals surface area contributed by atoms with E-state index in [4.69, 9.17) is 11.5 Å². The van der Waals surface area contributed by atoms with Crippen LogP contribution in [0.25, 0.3) is 71.3 Å².